The fourth-order valence-electron chi connectivity index (χ4n) is 4.47. The molecule has 2 aromatic carbocycles. The van der Waals surface area contributed by atoms with Gasteiger partial charge in [-0.3, -0.25) is 19.8 Å². The average molecular weight is 520 g/mol. The Labute approximate surface area is 221 Å². The number of hydrogen-bond acceptors (Lipinski definition) is 8. The number of nitrogens with one attached hydrogen (secondary N) is 2. The van der Waals surface area contributed by atoms with Crippen LogP contribution < -0.4 is 10.6 Å². The van der Waals surface area contributed by atoms with Gasteiger partial charge in [-0.2, -0.15) is 0 Å². The summed E-state index contributed by atoms with van der Waals surface area (Å²) in [4.78, 5) is 41.0. The van der Waals surface area contributed by atoms with E-state index >= 15 is 0 Å². The topological polar surface area (TPSA) is 131 Å². The third kappa shape index (κ3) is 7.22. The Kier molecular flexibility index (Phi) is 8.47. The molecule has 0 unspecified atom stereocenters. The highest BCUT2D eigenvalue weighted by Gasteiger charge is 2.34. The first-order valence-electron chi connectivity index (χ1n) is 12.6. The summed E-state index contributed by atoms with van der Waals surface area (Å²) in [5.41, 5.74) is 1.90. The molecule has 1 saturated heterocycles. The summed E-state index contributed by atoms with van der Waals surface area (Å²) in [6.07, 6.45) is 2.46. The predicted molar refractivity (Wildman–Crippen MR) is 139 cm³/mol. The van der Waals surface area contributed by atoms with E-state index in [1.807, 2.05) is 59.5 Å². The van der Waals surface area contributed by atoms with Gasteiger partial charge in [0.15, 0.2) is 0 Å². The zero-order chi connectivity index (χ0) is 27.1. The number of nitrogens with zero attached hydrogens (tertiary/aromatic N) is 5. The van der Waals surface area contributed by atoms with Gasteiger partial charge in [-0.05, 0) is 67.8 Å². The molecule has 3 aromatic rings. The molecule has 0 aliphatic carbocycles. The number of ether oxygens (including phenoxy) is 1. The molecule has 4 rings (SSSR count). The summed E-state index contributed by atoms with van der Waals surface area (Å²) in [7, 11) is 0. The van der Waals surface area contributed by atoms with Crippen molar-refractivity contribution in [2.24, 2.45) is 0 Å². The van der Waals surface area contributed by atoms with Gasteiger partial charge in [-0.1, -0.05) is 48.5 Å². The van der Waals surface area contributed by atoms with Crippen LogP contribution in [0.1, 0.15) is 44.7 Å². The van der Waals surface area contributed by atoms with Gasteiger partial charge in [0.2, 0.25) is 11.8 Å². The van der Waals surface area contributed by atoms with Crippen LogP contribution in [0.25, 0.3) is 5.69 Å². The molecular formula is C27H33N7O4. The monoisotopic (exact) mass is 519 g/mol. The predicted octanol–water partition coefficient (Wildman–Crippen LogP) is 2.41. The Bertz CT molecular complexity index is 1240. The molecule has 2 N–H and O–H groups in total. The van der Waals surface area contributed by atoms with Gasteiger partial charge in [-0.15, -0.1) is 5.10 Å². The third-order valence-electron chi connectivity index (χ3n) is 6.16. The molecule has 1 aliphatic heterocycles. The van der Waals surface area contributed by atoms with Gasteiger partial charge in [-0.25, -0.2) is 9.48 Å². The van der Waals surface area contributed by atoms with E-state index in [0.29, 0.717) is 19.5 Å². The zero-order valence-corrected chi connectivity index (χ0v) is 21.8. The molecule has 2 heterocycles. The van der Waals surface area contributed by atoms with Gasteiger partial charge in [0.25, 0.3) is 0 Å². The standard InChI is InChI=1S/C27H33N7O4/c1-27(2,3)38-26(37)29-21(16-19-10-5-4-6-11-19)24(35)30-25(36)23-14-9-15-33(23)17-20-12-7-8-13-22(20)34-18-28-31-32-34/h4-8,10-13,18,21,23H,9,14-17H2,1-3H3,(H,29,37)(H,30,35,36)/t21-,23+/m1/s1. The molecule has 3 amide bonds. The van der Waals surface area contributed by atoms with E-state index < -0.39 is 35.6 Å². The molecule has 1 aliphatic rings. The van der Waals surface area contributed by atoms with E-state index in [-0.39, 0.29) is 6.42 Å². The van der Waals surface area contributed by atoms with Crippen molar-refractivity contribution in [2.75, 3.05) is 6.54 Å². The largest absolute Gasteiger partial charge is 0.444 e. The number of hydrogen-bond donors (Lipinski definition) is 2. The van der Waals surface area contributed by atoms with Gasteiger partial charge in [0.1, 0.15) is 18.0 Å². The third-order valence-corrected chi connectivity index (χ3v) is 6.16. The number of amides is 3. The smallest absolute Gasteiger partial charge is 0.408 e. The lowest BCUT2D eigenvalue weighted by Gasteiger charge is -2.26. The van der Waals surface area contributed by atoms with E-state index in [4.69, 9.17) is 4.74 Å². The first-order valence-corrected chi connectivity index (χ1v) is 12.6. The number of aromatic nitrogens is 4. The molecule has 0 saturated carbocycles. The van der Waals surface area contributed by atoms with Crippen LogP contribution in [0.2, 0.25) is 0 Å². The first-order chi connectivity index (χ1) is 18.2. The van der Waals surface area contributed by atoms with Crippen LogP contribution in [0.4, 0.5) is 4.79 Å². The molecule has 11 nitrogen and oxygen atoms in total. The second-order valence-corrected chi connectivity index (χ2v) is 10.3. The fraction of sp³-hybridized carbons (Fsp3) is 0.407. The molecular weight excluding hydrogens is 486 g/mol. The van der Waals surface area contributed by atoms with Crippen molar-refractivity contribution >= 4 is 17.9 Å². The van der Waals surface area contributed by atoms with Gasteiger partial charge in [0.05, 0.1) is 11.7 Å². The molecule has 0 radical (unpaired) electrons. The Morgan fingerprint density at radius 2 is 1.82 bits per heavy atom. The van der Waals surface area contributed by atoms with Crippen molar-refractivity contribution in [1.82, 2.24) is 35.7 Å². The molecule has 38 heavy (non-hydrogen) atoms. The lowest BCUT2D eigenvalue weighted by atomic mass is 10.0. The summed E-state index contributed by atoms with van der Waals surface area (Å²) < 4.78 is 6.93. The zero-order valence-electron chi connectivity index (χ0n) is 21.8. The fourth-order valence-corrected chi connectivity index (χ4v) is 4.47. The average Bonchev–Trinajstić information content (AvgIpc) is 3.56. The minimum atomic E-state index is -0.980. The highest BCUT2D eigenvalue weighted by Crippen LogP contribution is 2.23. The van der Waals surface area contributed by atoms with Crippen LogP contribution in [0, 0.1) is 0 Å². The molecule has 200 valence electrons. The number of imide groups is 1. The van der Waals surface area contributed by atoms with Gasteiger partial charge < -0.3 is 10.1 Å². The summed E-state index contributed by atoms with van der Waals surface area (Å²) in [6.45, 7) is 6.43. The normalized spacial score (nSPS) is 16.6. The first kappa shape index (κ1) is 26.9. The van der Waals surface area contributed by atoms with E-state index in [0.717, 1.165) is 23.2 Å². The molecule has 1 fully saturated rings. The maximum absolute atomic E-state index is 13.3. The molecule has 0 bridgehead atoms. The summed E-state index contributed by atoms with van der Waals surface area (Å²) in [5.74, 6) is -0.970. The minimum absolute atomic E-state index is 0.215. The SMILES string of the molecule is CC(C)(C)OC(=O)N[C@H](Cc1ccccc1)C(=O)NC(=O)[C@@H]1CCCN1Cc1ccccc1-n1cnnn1. The van der Waals surface area contributed by atoms with Crippen molar-refractivity contribution in [1.29, 1.82) is 0 Å². The van der Waals surface area contributed by atoms with Crippen molar-refractivity contribution < 1.29 is 19.1 Å². The summed E-state index contributed by atoms with van der Waals surface area (Å²) in [6, 6.07) is 15.5. The van der Waals surface area contributed by atoms with Crippen LogP contribution in [-0.2, 0) is 27.3 Å². The number of para-hydroxylation sites is 1. The number of carbonyl (C=O) groups excluding carboxylic acids is 3. The van der Waals surface area contributed by atoms with Crippen molar-refractivity contribution in [3.63, 3.8) is 0 Å². The Hall–Kier alpha value is -4.12. The van der Waals surface area contributed by atoms with E-state index in [1.165, 1.54) is 6.33 Å². The van der Waals surface area contributed by atoms with Gasteiger partial charge in [0, 0.05) is 13.0 Å². The number of rotatable bonds is 8. The molecule has 0 spiro atoms. The maximum atomic E-state index is 13.3. The second-order valence-electron chi connectivity index (χ2n) is 10.3. The van der Waals surface area contributed by atoms with Crippen LogP contribution in [-0.4, -0.2) is 67.2 Å². The Morgan fingerprint density at radius 1 is 1.08 bits per heavy atom. The number of benzene rings is 2. The van der Waals surface area contributed by atoms with Crippen LogP contribution in [0.15, 0.2) is 60.9 Å². The maximum Gasteiger partial charge on any atom is 0.408 e. The van der Waals surface area contributed by atoms with E-state index in [1.54, 1.807) is 25.5 Å². The summed E-state index contributed by atoms with van der Waals surface area (Å²) in [5, 5.41) is 16.6. The number of likely N-dealkylation sites (tertiary alicyclic amines) is 1. The van der Waals surface area contributed by atoms with E-state index in [9.17, 15) is 14.4 Å². The van der Waals surface area contributed by atoms with Gasteiger partial charge >= 0.3 is 6.09 Å². The van der Waals surface area contributed by atoms with E-state index in [2.05, 4.69) is 26.2 Å². The molecule has 2 atom stereocenters. The lowest BCUT2D eigenvalue weighted by molar-refractivity contribution is -0.134. The van der Waals surface area contributed by atoms with Crippen molar-refractivity contribution in [3.8, 4) is 5.69 Å². The number of alkyl carbamates (subject to hydrolysis) is 1. The van der Waals surface area contributed by atoms with Crippen LogP contribution in [0.5, 0.6) is 0 Å². The molecule has 11 heteroatoms. The highest BCUT2D eigenvalue weighted by molar-refractivity contribution is 6.01. The quantitative estimate of drug-likeness (QED) is 0.464. The number of tetrazole rings is 1. The second kappa shape index (κ2) is 12.0. The Morgan fingerprint density at radius 3 is 2.53 bits per heavy atom. The summed E-state index contributed by atoms with van der Waals surface area (Å²) >= 11 is 0. The van der Waals surface area contributed by atoms with Crippen LogP contribution in [0.3, 0.4) is 0 Å². The molecule has 1 aromatic heterocycles. The Balaban J connectivity index is 1.45. The lowest BCUT2D eigenvalue weighted by Crippen LogP contribution is -2.53. The minimum Gasteiger partial charge on any atom is -0.444 e. The highest BCUT2D eigenvalue weighted by atomic mass is 16.6. The van der Waals surface area contributed by atoms with Crippen LogP contribution >= 0.6 is 0 Å². The van der Waals surface area contributed by atoms with Crippen molar-refractivity contribution in [3.05, 3.63) is 72.1 Å². The number of carbonyl (C=O) groups is 3. The van der Waals surface area contributed by atoms with Crippen molar-refractivity contribution in [2.45, 2.75) is 64.3 Å².